The topological polar surface area (TPSA) is 42.0 Å². The largest absolute Gasteiger partial charge is 0.355 e. The Hall–Kier alpha value is -2.11. The van der Waals surface area contributed by atoms with Gasteiger partial charge in [-0.15, -0.1) is 23.1 Å². The zero-order valence-corrected chi connectivity index (χ0v) is 16.6. The second kappa shape index (κ2) is 8.72. The first-order valence-corrected chi connectivity index (χ1v) is 11.1. The monoisotopic (exact) mass is 394 g/mol. The van der Waals surface area contributed by atoms with Crippen LogP contribution in [-0.4, -0.2) is 23.2 Å². The predicted octanol–water partition coefficient (Wildman–Crippen LogP) is 5.25. The molecule has 138 valence electrons. The highest BCUT2D eigenvalue weighted by molar-refractivity contribution is 7.99. The minimum atomic E-state index is -0.0303. The Kier molecular flexibility index (Phi) is 5.90. The smallest absolute Gasteiger partial charge is 0.224 e. The zero-order valence-electron chi connectivity index (χ0n) is 15.0. The minimum Gasteiger partial charge on any atom is -0.355 e. The summed E-state index contributed by atoms with van der Waals surface area (Å²) in [7, 11) is 0. The fourth-order valence-electron chi connectivity index (χ4n) is 3.42. The number of aromatic nitrogens is 1. The van der Waals surface area contributed by atoms with Gasteiger partial charge in [0.1, 0.15) is 0 Å². The molecule has 1 heterocycles. The van der Waals surface area contributed by atoms with Gasteiger partial charge in [0.2, 0.25) is 5.91 Å². The van der Waals surface area contributed by atoms with Crippen LogP contribution in [0.25, 0.3) is 10.2 Å². The third kappa shape index (κ3) is 4.42. The Morgan fingerprint density at radius 1 is 1.07 bits per heavy atom. The maximum Gasteiger partial charge on any atom is 0.224 e. The van der Waals surface area contributed by atoms with E-state index in [0.29, 0.717) is 6.54 Å². The van der Waals surface area contributed by atoms with E-state index in [1.807, 2.05) is 36.4 Å². The number of fused-ring (bicyclic) bond motifs is 1. The van der Waals surface area contributed by atoms with Crippen molar-refractivity contribution < 1.29 is 4.79 Å². The number of benzene rings is 2. The third-order valence-corrected chi connectivity index (χ3v) is 6.99. The van der Waals surface area contributed by atoms with Crippen molar-refractivity contribution in [2.45, 2.75) is 23.7 Å². The lowest BCUT2D eigenvalue weighted by molar-refractivity contribution is -0.125. The molecule has 1 aromatic heterocycles. The van der Waals surface area contributed by atoms with Crippen molar-refractivity contribution in [2.24, 2.45) is 5.92 Å². The van der Waals surface area contributed by atoms with Crippen LogP contribution >= 0.6 is 23.1 Å². The van der Waals surface area contributed by atoms with Crippen LogP contribution < -0.4 is 5.32 Å². The van der Waals surface area contributed by atoms with Gasteiger partial charge < -0.3 is 5.32 Å². The molecule has 5 heteroatoms. The summed E-state index contributed by atoms with van der Waals surface area (Å²) in [5, 5.41) is 4.22. The van der Waals surface area contributed by atoms with Crippen LogP contribution in [0.5, 0.6) is 0 Å². The number of hydrogen-bond acceptors (Lipinski definition) is 4. The lowest BCUT2D eigenvalue weighted by atomic mass is 9.82. The van der Waals surface area contributed by atoms with E-state index < -0.39 is 0 Å². The van der Waals surface area contributed by atoms with Crippen molar-refractivity contribution in [1.82, 2.24) is 10.3 Å². The van der Waals surface area contributed by atoms with E-state index in [2.05, 4.69) is 35.7 Å². The molecular formula is C22H22N2OS2. The molecule has 1 aliphatic rings. The summed E-state index contributed by atoms with van der Waals surface area (Å²) in [4.78, 5) is 18.9. The van der Waals surface area contributed by atoms with Gasteiger partial charge in [-0.1, -0.05) is 42.5 Å². The number of thioether (sulfide) groups is 1. The number of amides is 1. The molecule has 27 heavy (non-hydrogen) atoms. The number of thiazole rings is 1. The zero-order chi connectivity index (χ0) is 18.5. The summed E-state index contributed by atoms with van der Waals surface area (Å²) in [6.07, 6.45) is 5.99. The summed E-state index contributed by atoms with van der Waals surface area (Å²) >= 11 is 3.49. The van der Waals surface area contributed by atoms with Crippen molar-refractivity contribution >= 4 is 39.2 Å². The highest BCUT2D eigenvalue weighted by Crippen LogP contribution is 2.38. The van der Waals surface area contributed by atoms with Crippen LogP contribution in [-0.2, 0) is 4.79 Å². The van der Waals surface area contributed by atoms with E-state index in [-0.39, 0.29) is 17.7 Å². The molecule has 3 nitrogen and oxygen atoms in total. The van der Waals surface area contributed by atoms with Gasteiger partial charge in [0, 0.05) is 23.1 Å². The van der Waals surface area contributed by atoms with Crippen LogP contribution in [0.2, 0.25) is 0 Å². The lowest BCUT2D eigenvalue weighted by Crippen LogP contribution is -2.36. The van der Waals surface area contributed by atoms with Crippen molar-refractivity contribution in [1.29, 1.82) is 0 Å². The van der Waals surface area contributed by atoms with Gasteiger partial charge in [0.25, 0.3) is 0 Å². The summed E-state index contributed by atoms with van der Waals surface area (Å²) in [6.45, 7) is 0.686. The molecular weight excluding hydrogens is 372 g/mol. The predicted molar refractivity (Wildman–Crippen MR) is 114 cm³/mol. The molecule has 4 rings (SSSR count). The van der Waals surface area contributed by atoms with Gasteiger partial charge in [-0.25, -0.2) is 4.98 Å². The minimum absolute atomic E-state index is 0.0303. The maximum atomic E-state index is 12.8. The highest BCUT2D eigenvalue weighted by atomic mass is 32.2. The van der Waals surface area contributed by atoms with Crippen LogP contribution in [0.1, 0.15) is 23.8 Å². The first kappa shape index (κ1) is 18.3. The van der Waals surface area contributed by atoms with Gasteiger partial charge in [0.05, 0.1) is 21.1 Å². The Morgan fingerprint density at radius 2 is 1.85 bits per heavy atom. The molecule has 1 amide bonds. The quantitative estimate of drug-likeness (QED) is 0.352. The van der Waals surface area contributed by atoms with Gasteiger partial charge in [-0.2, -0.15) is 0 Å². The summed E-state index contributed by atoms with van der Waals surface area (Å²) in [5.74, 6) is 1.17. The van der Waals surface area contributed by atoms with Crippen LogP contribution in [0.3, 0.4) is 0 Å². The molecule has 0 fully saturated rings. The summed E-state index contributed by atoms with van der Waals surface area (Å²) in [5.41, 5.74) is 1.03. The Morgan fingerprint density at radius 3 is 2.70 bits per heavy atom. The molecule has 1 N–H and O–H groups in total. The van der Waals surface area contributed by atoms with Crippen LogP contribution in [0.15, 0.2) is 71.6 Å². The number of nitrogens with zero attached hydrogens (tertiary/aromatic N) is 1. The molecule has 0 saturated carbocycles. The fourth-order valence-corrected chi connectivity index (χ4v) is 5.35. The van der Waals surface area contributed by atoms with E-state index in [1.165, 1.54) is 9.60 Å². The van der Waals surface area contributed by atoms with Crippen molar-refractivity contribution in [2.75, 3.05) is 12.3 Å². The van der Waals surface area contributed by atoms with Crippen molar-refractivity contribution in [3.8, 4) is 0 Å². The van der Waals surface area contributed by atoms with Gasteiger partial charge in [-0.3, -0.25) is 4.79 Å². The number of carbonyl (C=O) groups excluding carboxylic acids is 1. The average Bonchev–Trinajstić information content (AvgIpc) is 3.16. The number of rotatable bonds is 6. The maximum absolute atomic E-state index is 12.8. The van der Waals surface area contributed by atoms with Gasteiger partial charge in [0.15, 0.2) is 0 Å². The molecule has 0 radical (unpaired) electrons. The molecule has 0 unspecified atom stereocenters. The molecule has 2 aromatic carbocycles. The Labute approximate surface area is 167 Å². The van der Waals surface area contributed by atoms with Crippen molar-refractivity contribution in [3.05, 3.63) is 71.8 Å². The van der Waals surface area contributed by atoms with E-state index in [1.54, 1.807) is 23.1 Å². The number of hydrogen-bond donors (Lipinski definition) is 1. The molecule has 1 aliphatic carbocycles. The van der Waals surface area contributed by atoms with Crippen molar-refractivity contribution in [3.63, 3.8) is 0 Å². The molecule has 0 bridgehead atoms. The number of carbonyl (C=O) groups is 1. The van der Waals surface area contributed by atoms with E-state index in [9.17, 15) is 4.79 Å². The normalized spacial score (nSPS) is 19.3. The Balaban J connectivity index is 1.38. The second-order valence-electron chi connectivity index (χ2n) is 6.63. The molecule has 2 atom stereocenters. The Bertz CT molecular complexity index is 903. The van der Waals surface area contributed by atoms with E-state index >= 15 is 0 Å². The fraction of sp³-hybridized carbons (Fsp3) is 0.273. The first-order valence-electron chi connectivity index (χ1n) is 9.27. The molecule has 0 aliphatic heterocycles. The van der Waals surface area contributed by atoms with Crippen LogP contribution in [0.4, 0.5) is 0 Å². The lowest BCUT2D eigenvalue weighted by Gasteiger charge is -2.26. The molecule has 0 saturated heterocycles. The molecule has 0 spiro atoms. The number of para-hydroxylation sites is 1. The number of nitrogens with one attached hydrogen (secondary N) is 1. The highest BCUT2D eigenvalue weighted by Gasteiger charge is 2.32. The number of allylic oxidation sites excluding steroid dienone is 2. The van der Waals surface area contributed by atoms with Crippen LogP contribution in [0, 0.1) is 5.92 Å². The van der Waals surface area contributed by atoms with E-state index in [0.717, 1.165) is 29.1 Å². The third-order valence-electron chi connectivity index (χ3n) is 4.81. The molecule has 3 aromatic rings. The first-order chi connectivity index (χ1) is 13.3. The second-order valence-corrected chi connectivity index (χ2v) is 8.86. The van der Waals surface area contributed by atoms with Gasteiger partial charge >= 0.3 is 0 Å². The van der Waals surface area contributed by atoms with E-state index in [4.69, 9.17) is 4.98 Å². The standard InChI is InChI=1S/C22H22N2OS2/c25-21(23-14-15-26-16-8-2-1-3-9-16)17-10-4-5-11-18(17)22-24-19-12-6-7-13-20(19)27-22/h1-9,12-13,17-18H,10-11,14-15H2,(H,23,25)/t17-,18-/m0/s1. The summed E-state index contributed by atoms with van der Waals surface area (Å²) in [6, 6.07) is 18.5. The summed E-state index contributed by atoms with van der Waals surface area (Å²) < 4.78 is 1.19. The van der Waals surface area contributed by atoms with Gasteiger partial charge in [-0.05, 0) is 37.1 Å². The average molecular weight is 395 g/mol. The SMILES string of the molecule is O=C(NCCSc1ccccc1)[C@H]1CC=CC[C@@H]1c1nc2ccccc2s1.